The molecule has 2 aromatic carbocycles. The van der Waals surface area contributed by atoms with Crippen LogP contribution in [0.25, 0.3) is 0 Å². The van der Waals surface area contributed by atoms with Crippen molar-refractivity contribution in [3.63, 3.8) is 0 Å². The molecule has 0 spiro atoms. The lowest BCUT2D eigenvalue weighted by Crippen LogP contribution is -2.40. The third-order valence-corrected chi connectivity index (χ3v) is 6.13. The molecule has 1 amide bonds. The third kappa shape index (κ3) is 2.78. The van der Waals surface area contributed by atoms with Crippen LogP contribution in [0, 0.1) is 11.8 Å². The predicted molar refractivity (Wildman–Crippen MR) is 102 cm³/mol. The maximum absolute atomic E-state index is 12.4. The summed E-state index contributed by atoms with van der Waals surface area (Å²) in [7, 11) is 0. The summed E-state index contributed by atoms with van der Waals surface area (Å²) in [6.07, 6.45) is 3.17. The smallest absolute Gasteiger partial charge is 0.222 e. The number of fused-ring (bicyclic) bond motifs is 1. The number of nitrogens with one attached hydrogen (secondary N) is 1. The van der Waals surface area contributed by atoms with Crippen molar-refractivity contribution in [2.75, 3.05) is 6.54 Å². The number of hydrogen-bond donors (Lipinski definition) is 1. The minimum Gasteiger partial charge on any atom is -0.356 e. The first-order chi connectivity index (χ1) is 12.2. The standard InChI is InChI=1S/C23H27NO/c1-3-8-15(2)23(25)24-14-16-13-21-17-9-4-6-11-19(17)22(16)20-12-7-5-10-18(20)21/h4-7,9-12,15-16,21-22H,3,8,13-14H2,1-2H3,(H,24,25)/t15-,16+,21?,22?/m1/s1. The third-order valence-electron chi connectivity index (χ3n) is 6.13. The van der Waals surface area contributed by atoms with Gasteiger partial charge >= 0.3 is 0 Å². The van der Waals surface area contributed by atoms with Gasteiger partial charge in [-0.15, -0.1) is 0 Å². The normalized spacial score (nSPS) is 24.3. The van der Waals surface area contributed by atoms with E-state index in [2.05, 4.69) is 60.8 Å². The number of rotatable bonds is 5. The number of benzene rings is 2. The molecule has 0 heterocycles. The molecule has 1 N–H and O–H groups in total. The highest BCUT2D eigenvalue weighted by Crippen LogP contribution is 2.55. The van der Waals surface area contributed by atoms with Crippen molar-refractivity contribution >= 4 is 5.91 Å². The Hall–Kier alpha value is -2.09. The van der Waals surface area contributed by atoms with Crippen LogP contribution in [0.3, 0.4) is 0 Å². The monoisotopic (exact) mass is 333 g/mol. The van der Waals surface area contributed by atoms with Crippen LogP contribution in [0.15, 0.2) is 48.5 Å². The molecule has 2 nitrogen and oxygen atoms in total. The zero-order valence-electron chi connectivity index (χ0n) is 15.2. The van der Waals surface area contributed by atoms with Gasteiger partial charge < -0.3 is 5.32 Å². The van der Waals surface area contributed by atoms with Crippen LogP contribution in [0.1, 0.15) is 67.2 Å². The molecule has 25 heavy (non-hydrogen) atoms. The zero-order chi connectivity index (χ0) is 17.4. The summed E-state index contributed by atoms with van der Waals surface area (Å²) in [5.74, 6) is 1.72. The van der Waals surface area contributed by atoms with Gasteiger partial charge in [0.15, 0.2) is 0 Å². The molecule has 130 valence electrons. The first-order valence-corrected chi connectivity index (χ1v) is 9.66. The second-order valence-corrected chi connectivity index (χ2v) is 7.72. The van der Waals surface area contributed by atoms with E-state index >= 15 is 0 Å². The SMILES string of the molecule is CCC[C@@H](C)C(=O)NC[C@@H]1CC2c3ccccc3C1c1ccccc12. The lowest BCUT2D eigenvalue weighted by atomic mass is 9.59. The van der Waals surface area contributed by atoms with E-state index < -0.39 is 0 Å². The van der Waals surface area contributed by atoms with Crippen molar-refractivity contribution in [3.05, 3.63) is 70.8 Å². The van der Waals surface area contributed by atoms with Gasteiger partial charge in [-0.3, -0.25) is 4.79 Å². The fourth-order valence-electron chi connectivity index (χ4n) is 4.93. The van der Waals surface area contributed by atoms with Crippen molar-refractivity contribution < 1.29 is 4.79 Å². The van der Waals surface area contributed by atoms with Gasteiger partial charge in [0, 0.05) is 24.3 Å². The van der Waals surface area contributed by atoms with Gasteiger partial charge in [0.1, 0.15) is 0 Å². The van der Waals surface area contributed by atoms with E-state index in [-0.39, 0.29) is 11.8 Å². The van der Waals surface area contributed by atoms with Gasteiger partial charge in [0.2, 0.25) is 5.91 Å². The lowest BCUT2D eigenvalue weighted by Gasteiger charge is -2.45. The number of hydrogen-bond acceptors (Lipinski definition) is 1. The maximum atomic E-state index is 12.4. The average molecular weight is 333 g/mol. The maximum Gasteiger partial charge on any atom is 0.222 e. The Labute approximate surface area is 150 Å². The van der Waals surface area contributed by atoms with E-state index in [9.17, 15) is 4.79 Å². The van der Waals surface area contributed by atoms with Crippen LogP contribution < -0.4 is 5.32 Å². The summed E-state index contributed by atoms with van der Waals surface area (Å²) in [6.45, 7) is 4.96. The molecule has 0 aromatic heterocycles. The minimum absolute atomic E-state index is 0.116. The molecular weight excluding hydrogens is 306 g/mol. The van der Waals surface area contributed by atoms with E-state index in [1.807, 2.05) is 6.92 Å². The summed E-state index contributed by atoms with van der Waals surface area (Å²) in [5.41, 5.74) is 5.93. The van der Waals surface area contributed by atoms with E-state index in [0.717, 1.165) is 25.8 Å². The molecule has 0 fully saturated rings. The molecule has 0 aliphatic heterocycles. The molecule has 0 saturated heterocycles. The van der Waals surface area contributed by atoms with Crippen LogP contribution in [-0.4, -0.2) is 12.5 Å². The summed E-state index contributed by atoms with van der Waals surface area (Å²) in [6, 6.07) is 17.8. The highest BCUT2D eigenvalue weighted by atomic mass is 16.1. The van der Waals surface area contributed by atoms with E-state index in [1.54, 1.807) is 0 Å². The fourth-order valence-corrected chi connectivity index (χ4v) is 4.93. The van der Waals surface area contributed by atoms with Crippen LogP contribution in [0.4, 0.5) is 0 Å². The first-order valence-electron chi connectivity index (χ1n) is 9.66. The van der Waals surface area contributed by atoms with Gasteiger partial charge in [-0.05, 0) is 41.0 Å². The molecule has 0 radical (unpaired) electrons. The van der Waals surface area contributed by atoms with Crippen molar-refractivity contribution in [1.82, 2.24) is 5.32 Å². The summed E-state index contributed by atoms with van der Waals surface area (Å²) >= 11 is 0. The lowest BCUT2D eigenvalue weighted by molar-refractivity contribution is -0.124. The Bertz CT molecular complexity index is 734. The molecule has 2 aromatic rings. The molecular formula is C23H27NO. The Morgan fingerprint density at radius 3 is 2.16 bits per heavy atom. The number of carbonyl (C=O) groups excluding carboxylic acids is 1. The molecule has 3 aliphatic carbocycles. The summed E-state index contributed by atoms with van der Waals surface area (Å²) in [4.78, 5) is 12.4. The molecule has 0 saturated carbocycles. The number of carbonyl (C=O) groups is 1. The van der Waals surface area contributed by atoms with Gasteiger partial charge in [-0.2, -0.15) is 0 Å². The zero-order valence-corrected chi connectivity index (χ0v) is 15.2. The van der Waals surface area contributed by atoms with Crippen LogP contribution in [0.2, 0.25) is 0 Å². The van der Waals surface area contributed by atoms with Crippen LogP contribution >= 0.6 is 0 Å². The van der Waals surface area contributed by atoms with Gasteiger partial charge in [0.05, 0.1) is 0 Å². The summed E-state index contributed by atoms with van der Waals surface area (Å²) in [5, 5.41) is 3.24. The molecule has 2 bridgehead atoms. The van der Waals surface area contributed by atoms with Crippen molar-refractivity contribution in [1.29, 1.82) is 0 Å². The highest BCUT2D eigenvalue weighted by molar-refractivity contribution is 5.78. The quantitative estimate of drug-likeness (QED) is 0.834. The molecule has 3 aliphatic rings. The molecule has 2 atom stereocenters. The molecule has 5 rings (SSSR count). The highest BCUT2D eigenvalue weighted by Gasteiger charge is 2.42. The molecule has 2 heteroatoms. The minimum atomic E-state index is 0.116. The van der Waals surface area contributed by atoms with Gasteiger partial charge in [0.25, 0.3) is 0 Å². The second-order valence-electron chi connectivity index (χ2n) is 7.72. The molecule has 0 unspecified atom stereocenters. The van der Waals surface area contributed by atoms with Crippen molar-refractivity contribution in [2.24, 2.45) is 11.8 Å². The number of amides is 1. The van der Waals surface area contributed by atoms with Gasteiger partial charge in [-0.25, -0.2) is 0 Å². The van der Waals surface area contributed by atoms with Crippen LogP contribution in [-0.2, 0) is 4.79 Å². The Morgan fingerprint density at radius 1 is 1.04 bits per heavy atom. The second kappa shape index (κ2) is 6.67. The Morgan fingerprint density at radius 2 is 1.60 bits per heavy atom. The summed E-state index contributed by atoms with van der Waals surface area (Å²) < 4.78 is 0. The largest absolute Gasteiger partial charge is 0.356 e. The Balaban J connectivity index is 1.60. The van der Waals surface area contributed by atoms with Crippen molar-refractivity contribution in [3.8, 4) is 0 Å². The van der Waals surface area contributed by atoms with E-state index in [1.165, 1.54) is 22.3 Å². The fraction of sp³-hybridized carbons (Fsp3) is 0.435. The van der Waals surface area contributed by atoms with Gasteiger partial charge in [-0.1, -0.05) is 68.8 Å². The van der Waals surface area contributed by atoms with Crippen molar-refractivity contribution in [2.45, 2.75) is 44.9 Å². The van der Waals surface area contributed by atoms with Crippen LogP contribution in [0.5, 0.6) is 0 Å². The van der Waals surface area contributed by atoms with E-state index in [4.69, 9.17) is 0 Å². The first kappa shape index (κ1) is 16.4. The predicted octanol–water partition coefficient (Wildman–Crippen LogP) is 4.84. The Kier molecular flexibility index (Phi) is 4.37. The van der Waals surface area contributed by atoms with E-state index in [0.29, 0.717) is 17.8 Å². The topological polar surface area (TPSA) is 29.1 Å². The average Bonchev–Trinajstić information content (AvgIpc) is 2.66.